The van der Waals surface area contributed by atoms with Crippen LogP contribution in [0.1, 0.15) is 18.3 Å². The van der Waals surface area contributed by atoms with E-state index in [1.165, 1.54) is 0 Å². The summed E-state index contributed by atoms with van der Waals surface area (Å²) in [7, 11) is 5.03. The van der Waals surface area contributed by atoms with Gasteiger partial charge in [-0.1, -0.05) is 0 Å². The SMILES string of the molecule is COc1cc(OC)nc(C2CC=NN2C)n1. The van der Waals surface area contributed by atoms with Gasteiger partial charge in [0.2, 0.25) is 11.8 Å². The molecule has 0 amide bonds. The monoisotopic (exact) mass is 222 g/mol. The van der Waals surface area contributed by atoms with Gasteiger partial charge < -0.3 is 9.47 Å². The molecule has 0 spiro atoms. The summed E-state index contributed by atoms with van der Waals surface area (Å²) in [6, 6.07) is 1.71. The first-order chi connectivity index (χ1) is 7.74. The van der Waals surface area contributed by atoms with Crippen LogP contribution < -0.4 is 9.47 Å². The number of rotatable bonds is 3. The highest BCUT2D eigenvalue weighted by Gasteiger charge is 2.23. The van der Waals surface area contributed by atoms with Gasteiger partial charge in [-0.25, -0.2) is 0 Å². The first kappa shape index (κ1) is 10.7. The van der Waals surface area contributed by atoms with E-state index in [0.29, 0.717) is 17.6 Å². The topological polar surface area (TPSA) is 59.8 Å². The van der Waals surface area contributed by atoms with Crippen molar-refractivity contribution in [2.75, 3.05) is 21.3 Å². The maximum absolute atomic E-state index is 5.10. The molecule has 0 aliphatic carbocycles. The molecule has 1 atom stereocenters. The van der Waals surface area contributed by atoms with E-state index in [4.69, 9.17) is 9.47 Å². The normalized spacial score (nSPS) is 18.9. The third-order valence-corrected chi connectivity index (χ3v) is 2.46. The third-order valence-electron chi connectivity index (χ3n) is 2.46. The second kappa shape index (κ2) is 4.34. The van der Waals surface area contributed by atoms with Crippen molar-refractivity contribution in [2.24, 2.45) is 5.10 Å². The van der Waals surface area contributed by atoms with Crippen molar-refractivity contribution < 1.29 is 9.47 Å². The summed E-state index contributed by atoms with van der Waals surface area (Å²) in [5.41, 5.74) is 0. The number of hydrazone groups is 1. The van der Waals surface area contributed by atoms with Crippen LogP contribution in [0.25, 0.3) is 0 Å². The minimum atomic E-state index is 0.0593. The fourth-order valence-corrected chi connectivity index (χ4v) is 1.56. The minimum Gasteiger partial charge on any atom is -0.481 e. The first-order valence-electron chi connectivity index (χ1n) is 4.97. The first-order valence-corrected chi connectivity index (χ1v) is 4.97. The summed E-state index contributed by atoms with van der Waals surface area (Å²) >= 11 is 0. The van der Waals surface area contributed by atoms with Gasteiger partial charge in [-0.2, -0.15) is 15.1 Å². The second-order valence-electron chi connectivity index (χ2n) is 3.43. The standard InChI is InChI=1S/C10H14N4O2/c1-14-7(4-5-11-14)10-12-8(15-2)6-9(13-10)16-3/h5-7H,4H2,1-3H3. The molecule has 2 heterocycles. The quantitative estimate of drug-likeness (QED) is 0.759. The smallest absolute Gasteiger partial charge is 0.220 e. The lowest BCUT2D eigenvalue weighted by Crippen LogP contribution is -2.17. The predicted octanol–water partition coefficient (Wildman–Crippen LogP) is 0.856. The largest absolute Gasteiger partial charge is 0.481 e. The number of hydrogen-bond acceptors (Lipinski definition) is 6. The Hall–Kier alpha value is -1.85. The molecule has 0 saturated carbocycles. The van der Waals surface area contributed by atoms with Crippen LogP contribution in [-0.2, 0) is 0 Å². The number of hydrogen-bond donors (Lipinski definition) is 0. The van der Waals surface area contributed by atoms with Gasteiger partial charge >= 0.3 is 0 Å². The van der Waals surface area contributed by atoms with Crippen molar-refractivity contribution >= 4 is 6.21 Å². The Morgan fingerprint density at radius 1 is 1.25 bits per heavy atom. The average Bonchev–Trinajstić information content (AvgIpc) is 2.74. The second-order valence-corrected chi connectivity index (χ2v) is 3.43. The van der Waals surface area contributed by atoms with Gasteiger partial charge in [0.1, 0.15) is 6.04 Å². The Balaban J connectivity index is 2.32. The van der Waals surface area contributed by atoms with Crippen LogP contribution >= 0.6 is 0 Å². The summed E-state index contributed by atoms with van der Waals surface area (Å²) in [6.45, 7) is 0. The Kier molecular flexibility index (Phi) is 2.89. The summed E-state index contributed by atoms with van der Waals surface area (Å²) in [5.74, 6) is 1.67. The molecule has 0 aromatic carbocycles. The molecule has 1 aromatic heterocycles. The molecule has 6 heteroatoms. The fraction of sp³-hybridized carbons (Fsp3) is 0.500. The van der Waals surface area contributed by atoms with E-state index < -0.39 is 0 Å². The van der Waals surface area contributed by atoms with Crippen LogP contribution in [0, 0.1) is 0 Å². The van der Waals surface area contributed by atoms with Gasteiger partial charge in [0, 0.05) is 19.7 Å². The Bertz CT molecular complexity index is 386. The van der Waals surface area contributed by atoms with Gasteiger partial charge in [-0.3, -0.25) is 5.01 Å². The Labute approximate surface area is 93.9 Å². The highest BCUT2D eigenvalue weighted by atomic mass is 16.5. The average molecular weight is 222 g/mol. The molecule has 0 fully saturated rings. The molecular formula is C10H14N4O2. The molecule has 1 aliphatic rings. The van der Waals surface area contributed by atoms with Crippen molar-refractivity contribution in [3.05, 3.63) is 11.9 Å². The summed E-state index contributed by atoms with van der Waals surface area (Å²) in [6.07, 6.45) is 2.65. The van der Waals surface area contributed by atoms with E-state index in [0.717, 1.165) is 6.42 Å². The lowest BCUT2D eigenvalue weighted by molar-refractivity contribution is 0.271. The van der Waals surface area contributed by atoms with Gasteiger partial charge in [0.05, 0.1) is 20.3 Å². The van der Waals surface area contributed by atoms with Crippen LogP contribution in [-0.4, -0.2) is 42.5 Å². The number of nitrogens with zero attached hydrogens (tertiary/aromatic N) is 4. The highest BCUT2D eigenvalue weighted by Crippen LogP contribution is 2.26. The van der Waals surface area contributed by atoms with E-state index in [9.17, 15) is 0 Å². The third kappa shape index (κ3) is 1.91. The number of ether oxygens (including phenoxy) is 2. The van der Waals surface area contributed by atoms with Crippen LogP contribution in [0.5, 0.6) is 11.8 Å². The summed E-state index contributed by atoms with van der Waals surface area (Å²) in [5, 5.41) is 5.98. The molecule has 0 N–H and O–H groups in total. The van der Waals surface area contributed by atoms with Crippen LogP contribution in [0.3, 0.4) is 0 Å². The van der Waals surface area contributed by atoms with Crippen molar-refractivity contribution in [1.29, 1.82) is 0 Å². The molecule has 16 heavy (non-hydrogen) atoms. The van der Waals surface area contributed by atoms with Crippen LogP contribution in [0.4, 0.5) is 0 Å². The van der Waals surface area contributed by atoms with Crippen LogP contribution in [0.2, 0.25) is 0 Å². The van der Waals surface area contributed by atoms with Gasteiger partial charge in [0.25, 0.3) is 0 Å². The Morgan fingerprint density at radius 2 is 1.88 bits per heavy atom. The zero-order valence-corrected chi connectivity index (χ0v) is 9.54. The predicted molar refractivity (Wildman–Crippen MR) is 58.7 cm³/mol. The van der Waals surface area contributed by atoms with E-state index in [-0.39, 0.29) is 6.04 Å². The van der Waals surface area contributed by atoms with Gasteiger partial charge in [-0.05, 0) is 0 Å². The van der Waals surface area contributed by atoms with Crippen molar-refractivity contribution in [2.45, 2.75) is 12.5 Å². The number of aromatic nitrogens is 2. The maximum Gasteiger partial charge on any atom is 0.220 e. The summed E-state index contributed by atoms with van der Waals surface area (Å²) < 4.78 is 10.2. The molecule has 1 aliphatic heterocycles. The molecule has 0 radical (unpaired) electrons. The molecular weight excluding hydrogens is 208 g/mol. The summed E-state index contributed by atoms with van der Waals surface area (Å²) in [4.78, 5) is 8.59. The van der Waals surface area contributed by atoms with E-state index in [2.05, 4.69) is 15.1 Å². The number of methoxy groups -OCH3 is 2. The molecule has 2 rings (SSSR count). The van der Waals surface area contributed by atoms with E-state index in [1.54, 1.807) is 20.3 Å². The van der Waals surface area contributed by atoms with Gasteiger partial charge in [-0.15, -0.1) is 0 Å². The zero-order chi connectivity index (χ0) is 11.5. The van der Waals surface area contributed by atoms with Gasteiger partial charge in [0.15, 0.2) is 5.82 Å². The molecule has 86 valence electrons. The van der Waals surface area contributed by atoms with Crippen molar-refractivity contribution in [1.82, 2.24) is 15.0 Å². The fourth-order valence-electron chi connectivity index (χ4n) is 1.56. The zero-order valence-electron chi connectivity index (χ0n) is 9.54. The minimum absolute atomic E-state index is 0.0593. The molecule has 1 aromatic rings. The Morgan fingerprint density at radius 3 is 2.31 bits per heavy atom. The van der Waals surface area contributed by atoms with Crippen molar-refractivity contribution in [3.63, 3.8) is 0 Å². The molecule has 6 nitrogen and oxygen atoms in total. The molecule has 1 unspecified atom stereocenters. The molecule has 0 saturated heterocycles. The van der Waals surface area contributed by atoms with Crippen LogP contribution in [0.15, 0.2) is 11.2 Å². The van der Waals surface area contributed by atoms with E-state index >= 15 is 0 Å². The van der Waals surface area contributed by atoms with Crippen molar-refractivity contribution in [3.8, 4) is 11.8 Å². The lowest BCUT2D eigenvalue weighted by Gasteiger charge is -2.18. The van der Waals surface area contributed by atoms with E-state index in [1.807, 2.05) is 18.3 Å². The maximum atomic E-state index is 5.10. The highest BCUT2D eigenvalue weighted by molar-refractivity contribution is 5.60. The lowest BCUT2D eigenvalue weighted by atomic mass is 10.2. The molecule has 0 bridgehead atoms.